The predicted molar refractivity (Wildman–Crippen MR) is 78.3 cm³/mol. The van der Waals surface area contributed by atoms with Gasteiger partial charge in [-0.05, 0) is 23.3 Å². The van der Waals surface area contributed by atoms with Gasteiger partial charge < -0.3 is 10.4 Å². The van der Waals surface area contributed by atoms with Gasteiger partial charge in [0.25, 0.3) is 0 Å². The van der Waals surface area contributed by atoms with Crippen molar-refractivity contribution < 1.29 is 14.7 Å². The van der Waals surface area contributed by atoms with Gasteiger partial charge in [0.1, 0.15) is 0 Å². The molecule has 1 aliphatic heterocycles. The smallest absolute Gasteiger partial charge is 0.335 e. The summed E-state index contributed by atoms with van der Waals surface area (Å²) in [5.41, 5.74) is 2.32. The lowest BCUT2D eigenvalue weighted by Crippen LogP contribution is -2.29. The van der Waals surface area contributed by atoms with Crippen LogP contribution in [0.15, 0.2) is 29.8 Å². The largest absolute Gasteiger partial charge is 0.478 e. The molecule has 1 amide bonds. The fourth-order valence-corrected chi connectivity index (χ4v) is 2.90. The van der Waals surface area contributed by atoms with E-state index in [1.807, 2.05) is 11.0 Å². The van der Waals surface area contributed by atoms with Gasteiger partial charge >= 0.3 is 5.97 Å². The molecule has 0 fully saturated rings. The first kappa shape index (κ1) is 13.7. The number of thiazole rings is 1. The second-order valence-corrected chi connectivity index (χ2v) is 5.71. The number of carboxylic acids is 1. The number of anilines is 1. The molecular formula is C14H13N3O3S. The summed E-state index contributed by atoms with van der Waals surface area (Å²) in [6.07, 6.45) is 1.64. The molecule has 1 aliphatic rings. The minimum Gasteiger partial charge on any atom is -0.478 e. The van der Waals surface area contributed by atoms with Gasteiger partial charge in [-0.3, -0.25) is 9.69 Å². The number of carbonyl (C=O) groups excluding carboxylic acids is 1. The molecule has 0 saturated carbocycles. The van der Waals surface area contributed by atoms with E-state index in [0.717, 1.165) is 11.1 Å². The van der Waals surface area contributed by atoms with Crippen molar-refractivity contribution in [2.75, 3.05) is 11.9 Å². The zero-order chi connectivity index (χ0) is 14.8. The Morgan fingerprint density at radius 1 is 1.33 bits per heavy atom. The van der Waals surface area contributed by atoms with Gasteiger partial charge in [0, 0.05) is 24.7 Å². The number of nitrogens with zero attached hydrogens (tertiary/aromatic N) is 2. The minimum absolute atomic E-state index is 0.115. The van der Waals surface area contributed by atoms with E-state index in [1.165, 1.54) is 11.3 Å². The number of carbonyl (C=O) groups is 2. The first-order chi connectivity index (χ1) is 10.1. The third kappa shape index (κ3) is 3.09. The van der Waals surface area contributed by atoms with E-state index in [-0.39, 0.29) is 18.0 Å². The van der Waals surface area contributed by atoms with Gasteiger partial charge in [-0.15, -0.1) is 11.3 Å². The number of carboxylic acid groups (broad SMARTS) is 1. The SMILES string of the molecule is O=C(CN1Cc2ccc(C(=O)O)cc2C1)Nc1nccs1. The number of nitrogens with one attached hydrogen (secondary N) is 1. The number of hydrogen-bond acceptors (Lipinski definition) is 5. The van der Waals surface area contributed by atoms with Crippen molar-refractivity contribution in [3.05, 3.63) is 46.5 Å². The molecule has 0 radical (unpaired) electrons. The Labute approximate surface area is 125 Å². The summed E-state index contributed by atoms with van der Waals surface area (Å²) < 4.78 is 0. The summed E-state index contributed by atoms with van der Waals surface area (Å²) in [5.74, 6) is -1.05. The highest BCUT2D eigenvalue weighted by atomic mass is 32.1. The fourth-order valence-electron chi connectivity index (χ4n) is 2.36. The van der Waals surface area contributed by atoms with E-state index in [0.29, 0.717) is 18.2 Å². The van der Waals surface area contributed by atoms with Crippen LogP contribution in [0.3, 0.4) is 0 Å². The van der Waals surface area contributed by atoms with Crippen LogP contribution in [0.2, 0.25) is 0 Å². The van der Waals surface area contributed by atoms with Crippen molar-refractivity contribution in [1.82, 2.24) is 9.88 Å². The second-order valence-electron chi connectivity index (χ2n) is 4.82. The summed E-state index contributed by atoms with van der Waals surface area (Å²) in [7, 11) is 0. The zero-order valence-electron chi connectivity index (χ0n) is 11.1. The van der Waals surface area contributed by atoms with Crippen LogP contribution >= 0.6 is 11.3 Å². The quantitative estimate of drug-likeness (QED) is 0.900. The van der Waals surface area contributed by atoms with Crippen LogP contribution in [0, 0.1) is 0 Å². The number of amides is 1. The molecule has 6 nitrogen and oxygen atoms in total. The van der Waals surface area contributed by atoms with E-state index in [1.54, 1.807) is 23.7 Å². The molecular weight excluding hydrogens is 290 g/mol. The Bertz CT molecular complexity index is 685. The van der Waals surface area contributed by atoms with E-state index >= 15 is 0 Å². The van der Waals surface area contributed by atoms with Gasteiger partial charge in [-0.25, -0.2) is 9.78 Å². The Kier molecular flexibility index (Phi) is 3.68. The maximum atomic E-state index is 11.9. The minimum atomic E-state index is -0.933. The highest BCUT2D eigenvalue weighted by molar-refractivity contribution is 7.13. The maximum absolute atomic E-state index is 11.9. The molecule has 2 aromatic rings. The van der Waals surface area contributed by atoms with E-state index < -0.39 is 5.97 Å². The summed E-state index contributed by atoms with van der Waals surface area (Å²) in [4.78, 5) is 28.8. The molecule has 0 unspecified atom stereocenters. The van der Waals surface area contributed by atoms with Crippen LogP contribution in [-0.4, -0.2) is 33.4 Å². The molecule has 21 heavy (non-hydrogen) atoms. The Balaban J connectivity index is 1.62. The van der Waals surface area contributed by atoms with Gasteiger partial charge in [0.15, 0.2) is 5.13 Å². The molecule has 1 aromatic heterocycles. The molecule has 2 N–H and O–H groups in total. The molecule has 2 heterocycles. The predicted octanol–water partition coefficient (Wildman–Crippen LogP) is 1.80. The summed E-state index contributed by atoms with van der Waals surface area (Å²) in [5, 5.41) is 14.1. The molecule has 0 aliphatic carbocycles. The lowest BCUT2D eigenvalue weighted by molar-refractivity contribution is -0.117. The number of rotatable bonds is 4. The highest BCUT2D eigenvalue weighted by Crippen LogP contribution is 2.23. The van der Waals surface area contributed by atoms with Crippen molar-refractivity contribution in [1.29, 1.82) is 0 Å². The number of fused-ring (bicyclic) bond motifs is 1. The molecule has 0 atom stereocenters. The fraction of sp³-hybridized carbons (Fsp3) is 0.214. The van der Waals surface area contributed by atoms with Crippen molar-refractivity contribution >= 4 is 28.3 Å². The Hall–Kier alpha value is -2.25. The lowest BCUT2D eigenvalue weighted by Gasteiger charge is -2.13. The molecule has 1 aromatic carbocycles. The van der Waals surface area contributed by atoms with Crippen LogP contribution in [0.5, 0.6) is 0 Å². The first-order valence-corrected chi connectivity index (χ1v) is 7.26. The summed E-state index contributed by atoms with van der Waals surface area (Å²) >= 11 is 1.37. The Morgan fingerprint density at radius 3 is 2.86 bits per heavy atom. The Morgan fingerprint density at radius 2 is 2.14 bits per heavy atom. The summed E-state index contributed by atoms with van der Waals surface area (Å²) in [6, 6.07) is 5.09. The number of hydrogen-bond donors (Lipinski definition) is 2. The van der Waals surface area contributed by atoms with Crippen LogP contribution in [0.25, 0.3) is 0 Å². The molecule has 0 saturated heterocycles. The van der Waals surface area contributed by atoms with E-state index in [4.69, 9.17) is 5.11 Å². The highest BCUT2D eigenvalue weighted by Gasteiger charge is 2.22. The van der Waals surface area contributed by atoms with Gasteiger partial charge in [0.2, 0.25) is 5.91 Å². The molecule has 3 rings (SSSR count). The number of benzene rings is 1. The van der Waals surface area contributed by atoms with Gasteiger partial charge in [-0.2, -0.15) is 0 Å². The third-order valence-corrected chi connectivity index (χ3v) is 3.98. The van der Waals surface area contributed by atoms with Crippen LogP contribution in [0.4, 0.5) is 5.13 Å². The van der Waals surface area contributed by atoms with E-state index in [9.17, 15) is 9.59 Å². The zero-order valence-corrected chi connectivity index (χ0v) is 11.9. The van der Waals surface area contributed by atoms with Crippen molar-refractivity contribution in [2.24, 2.45) is 0 Å². The molecule has 0 spiro atoms. The monoisotopic (exact) mass is 303 g/mol. The second kappa shape index (κ2) is 5.63. The lowest BCUT2D eigenvalue weighted by atomic mass is 10.1. The van der Waals surface area contributed by atoms with E-state index in [2.05, 4.69) is 10.3 Å². The van der Waals surface area contributed by atoms with Crippen molar-refractivity contribution in [3.8, 4) is 0 Å². The van der Waals surface area contributed by atoms with Gasteiger partial charge in [0.05, 0.1) is 12.1 Å². The van der Waals surface area contributed by atoms with Crippen molar-refractivity contribution in [3.63, 3.8) is 0 Å². The van der Waals surface area contributed by atoms with Crippen molar-refractivity contribution in [2.45, 2.75) is 13.1 Å². The molecule has 7 heteroatoms. The standard InChI is InChI=1S/C14H13N3O3S/c18-12(16-14-15-3-4-21-14)8-17-6-10-2-1-9(13(19)20)5-11(10)7-17/h1-5H,6-8H2,(H,19,20)(H,15,16,18). The molecule has 0 bridgehead atoms. The average molecular weight is 303 g/mol. The maximum Gasteiger partial charge on any atom is 0.335 e. The van der Waals surface area contributed by atoms with Crippen LogP contribution in [-0.2, 0) is 17.9 Å². The number of aromatic nitrogens is 1. The number of aromatic carboxylic acids is 1. The van der Waals surface area contributed by atoms with Crippen LogP contribution in [0.1, 0.15) is 21.5 Å². The first-order valence-electron chi connectivity index (χ1n) is 6.38. The molecule has 108 valence electrons. The van der Waals surface area contributed by atoms with Crippen LogP contribution < -0.4 is 5.32 Å². The summed E-state index contributed by atoms with van der Waals surface area (Å²) in [6.45, 7) is 1.50. The normalized spacial score (nSPS) is 13.9. The van der Waals surface area contributed by atoms with Gasteiger partial charge in [-0.1, -0.05) is 6.07 Å². The average Bonchev–Trinajstić information content (AvgIpc) is 3.05. The third-order valence-electron chi connectivity index (χ3n) is 3.29. The topological polar surface area (TPSA) is 82.5 Å².